The second-order valence-corrected chi connectivity index (χ2v) is 9.73. The molecule has 1 heterocycles. The SMILES string of the molecule is CNC(=O)[C@@]1(OCc2cccc(C(F)(F)F)c2)CC(OCc2ccccc2C#N)[C@@H]2OC(C)(C)O[C@@H]2C1. The fraction of sp³-hybridized carbons (Fsp3) is 0.481. The van der Waals surface area contributed by atoms with E-state index in [1.54, 1.807) is 38.1 Å². The molecule has 0 aromatic heterocycles. The number of benzene rings is 2. The summed E-state index contributed by atoms with van der Waals surface area (Å²) in [4.78, 5) is 13.2. The van der Waals surface area contributed by atoms with E-state index in [4.69, 9.17) is 18.9 Å². The summed E-state index contributed by atoms with van der Waals surface area (Å²) in [6.07, 6.45) is -5.98. The van der Waals surface area contributed by atoms with Crippen molar-refractivity contribution < 1.29 is 36.9 Å². The molecule has 1 aliphatic heterocycles. The van der Waals surface area contributed by atoms with Crippen LogP contribution in [-0.2, 0) is 43.1 Å². The molecule has 1 saturated heterocycles. The van der Waals surface area contributed by atoms with Gasteiger partial charge in [0.25, 0.3) is 5.91 Å². The first-order valence-electron chi connectivity index (χ1n) is 11.9. The Hall–Kier alpha value is -2.97. The molecule has 10 heteroatoms. The highest BCUT2D eigenvalue weighted by Crippen LogP contribution is 2.44. The van der Waals surface area contributed by atoms with Gasteiger partial charge < -0.3 is 24.3 Å². The number of nitriles is 1. The molecule has 1 unspecified atom stereocenters. The quantitative estimate of drug-likeness (QED) is 0.582. The van der Waals surface area contributed by atoms with Crippen molar-refractivity contribution >= 4 is 5.91 Å². The van der Waals surface area contributed by atoms with E-state index in [-0.39, 0.29) is 31.6 Å². The summed E-state index contributed by atoms with van der Waals surface area (Å²) in [5.41, 5.74) is -0.798. The average Bonchev–Trinajstić information content (AvgIpc) is 3.19. The molecule has 1 N–H and O–H groups in total. The standard InChI is InChI=1S/C27H29F3N2O5/c1-25(2)36-22-13-26(24(33)32-3,35-15-17-7-6-10-20(11-17)27(28,29)30)12-21(23(22)37-25)34-16-19-9-5-4-8-18(19)14-31/h4-11,21-23H,12-13,15-16H2,1-3H3,(H,32,33)/t21?,22-,23+,26-/m1/s1. The van der Waals surface area contributed by atoms with Crippen LogP contribution in [0.2, 0.25) is 0 Å². The van der Waals surface area contributed by atoms with Crippen molar-refractivity contribution in [3.8, 4) is 6.07 Å². The first-order chi connectivity index (χ1) is 17.5. The first kappa shape index (κ1) is 27.1. The minimum absolute atomic E-state index is 0.0843. The van der Waals surface area contributed by atoms with Gasteiger partial charge in [0.2, 0.25) is 0 Å². The third-order valence-corrected chi connectivity index (χ3v) is 6.65. The maximum absolute atomic E-state index is 13.2. The normalized spacial score (nSPS) is 26.8. The van der Waals surface area contributed by atoms with Crippen LogP contribution in [0.15, 0.2) is 48.5 Å². The highest BCUT2D eigenvalue weighted by molar-refractivity contribution is 5.85. The van der Waals surface area contributed by atoms with Crippen molar-refractivity contribution in [2.24, 2.45) is 0 Å². The van der Waals surface area contributed by atoms with Gasteiger partial charge in [-0.15, -0.1) is 0 Å². The van der Waals surface area contributed by atoms with E-state index in [0.717, 1.165) is 12.1 Å². The van der Waals surface area contributed by atoms with Gasteiger partial charge in [0.1, 0.15) is 6.10 Å². The number of amides is 1. The third-order valence-electron chi connectivity index (χ3n) is 6.65. The molecular weight excluding hydrogens is 489 g/mol. The van der Waals surface area contributed by atoms with E-state index in [9.17, 15) is 23.2 Å². The van der Waals surface area contributed by atoms with Crippen LogP contribution < -0.4 is 5.32 Å². The molecule has 0 bridgehead atoms. The molecule has 4 atom stereocenters. The Labute approximate surface area is 213 Å². The van der Waals surface area contributed by atoms with E-state index in [1.165, 1.54) is 19.2 Å². The van der Waals surface area contributed by atoms with Crippen molar-refractivity contribution in [2.75, 3.05) is 7.05 Å². The van der Waals surface area contributed by atoms with Crippen molar-refractivity contribution in [1.29, 1.82) is 5.26 Å². The van der Waals surface area contributed by atoms with E-state index in [2.05, 4.69) is 11.4 Å². The minimum atomic E-state index is -4.49. The molecule has 2 aromatic rings. The predicted molar refractivity (Wildman–Crippen MR) is 126 cm³/mol. The highest BCUT2D eigenvalue weighted by Gasteiger charge is 2.57. The second kappa shape index (κ2) is 10.4. The largest absolute Gasteiger partial charge is 0.416 e. The van der Waals surface area contributed by atoms with Gasteiger partial charge in [-0.25, -0.2) is 0 Å². The number of nitrogens with zero attached hydrogens (tertiary/aromatic N) is 1. The van der Waals surface area contributed by atoms with Crippen molar-refractivity contribution in [3.63, 3.8) is 0 Å². The molecule has 2 aromatic carbocycles. The highest BCUT2D eigenvalue weighted by atomic mass is 19.4. The Morgan fingerprint density at radius 1 is 1.14 bits per heavy atom. The molecule has 2 aliphatic rings. The molecule has 37 heavy (non-hydrogen) atoms. The van der Waals surface area contributed by atoms with E-state index in [1.807, 2.05) is 0 Å². The Morgan fingerprint density at radius 3 is 2.59 bits per heavy atom. The number of halogens is 3. The van der Waals surface area contributed by atoms with Crippen LogP contribution in [0, 0.1) is 11.3 Å². The summed E-state index contributed by atoms with van der Waals surface area (Å²) in [6, 6.07) is 14.0. The summed E-state index contributed by atoms with van der Waals surface area (Å²) < 4.78 is 64.1. The lowest BCUT2D eigenvalue weighted by atomic mass is 9.78. The molecular formula is C27H29F3N2O5. The summed E-state index contributed by atoms with van der Waals surface area (Å²) in [5, 5.41) is 12.0. The van der Waals surface area contributed by atoms with Gasteiger partial charge in [0.15, 0.2) is 11.4 Å². The Bertz CT molecular complexity index is 1180. The maximum atomic E-state index is 13.2. The lowest BCUT2D eigenvalue weighted by Gasteiger charge is -2.43. The van der Waals surface area contributed by atoms with Gasteiger partial charge in [-0.05, 0) is 43.2 Å². The molecule has 0 spiro atoms. The fourth-order valence-electron chi connectivity index (χ4n) is 4.95. The first-order valence-corrected chi connectivity index (χ1v) is 11.9. The number of likely N-dealkylation sites (N-methyl/N-ethyl adjacent to an activating group) is 1. The van der Waals surface area contributed by atoms with Gasteiger partial charge in [0, 0.05) is 19.9 Å². The topological polar surface area (TPSA) is 89.8 Å². The van der Waals surface area contributed by atoms with Gasteiger partial charge in [-0.1, -0.05) is 30.3 Å². The van der Waals surface area contributed by atoms with Crippen LogP contribution >= 0.6 is 0 Å². The lowest BCUT2D eigenvalue weighted by Crippen LogP contribution is -2.59. The Kier molecular flexibility index (Phi) is 7.62. The number of hydrogen-bond donors (Lipinski definition) is 1. The molecule has 2 fully saturated rings. The number of rotatable bonds is 7. The van der Waals surface area contributed by atoms with Gasteiger partial charge in [0.05, 0.1) is 42.6 Å². The zero-order chi connectivity index (χ0) is 26.8. The molecule has 1 saturated carbocycles. The molecule has 1 amide bonds. The number of carbonyl (C=O) groups is 1. The summed E-state index contributed by atoms with van der Waals surface area (Å²) in [6.45, 7) is 3.40. The van der Waals surface area contributed by atoms with Crippen LogP contribution in [0.5, 0.6) is 0 Å². The fourth-order valence-corrected chi connectivity index (χ4v) is 4.95. The predicted octanol–water partition coefficient (Wildman–Crippen LogP) is 4.48. The number of carbonyl (C=O) groups excluding carboxylic acids is 1. The number of ether oxygens (including phenoxy) is 4. The second-order valence-electron chi connectivity index (χ2n) is 9.73. The summed E-state index contributed by atoms with van der Waals surface area (Å²) in [5.74, 6) is -1.36. The van der Waals surface area contributed by atoms with Crippen LogP contribution in [0.3, 0.4) is 0 Å². The number of fused-ring (bicyclic) bond motifs is 1. The van der Waals surface area contributed by atoms with Crippen molar-refractivity contribution in [2.45, 2.75) is 75.8 Å². The van der Waals surface area contributed by atoms with Crippen molar-refractivity contribution in [3.05, 3.63) is 70.8 Å². The van der Waals surface area contributed by atoms with Crippen LogP contribution in [-0.4, -0.2) is 42.7 Å². The number of alkyl halides is 3. The van der Waals surface area contributed by atoms with E-state index in [0.29, 0.717) is 11.1 Å². The molecule has 1 aliphatic carbocycles. The molecule has 4 rings (SSSR count). The third kappa shape index (κ3) is 5.96. The maximum Gasteiger partial charge on any atom is 0.416 e. The van der Waals surface area contributed by atoms with Crippen molar-refractivity contribution in [1.82, 2.24) is 5.32 Å². The zero-order valence-corrected chi connectivity index (χ0v) is 20.8. The monoisotopic (exact) mass is 518 g/mol. The van der Waals surface area contributed by atoms with Gasteiger partial charge in [-0.3, -0.25) is 4.79 Å². The number of hydrogen-bond acceptors (Lipinski definition) is 6. The Balaban J connectivity index is 1.60. The summed E-state index contributed by atoms with van der Waals surface area (Å²) in [7, 11) is 1.47. The van der Waals surface area contributed by atoms with E-state index < -0.39 is 47.3 Å². The molecule has 0 radical (unpaired) electrons. The van der Waals surface area contributed by atoms with Crippen LogP contribution in [0.1, 0.15) is 48.9 Å². The smallest absolute Gasteiger partial charge is 0.371 e. The lowest BCUT2D eigenvalue weighted by molar-refractivity contribution is -0.183. The average molecular weight is 519 g/mol. The summed E-state index contributed by atoms with van der Waals surface area (Å²) >= 11 is 0. The zero-order valence-electron chi connectivity index (χ0n) is 20.8. The Morgan fingerprint density at radius 2 is 1.89 bits per heavy atom. The molecule has 198 valence electrons. The van der Waals surface area contributed by atoms with E-state index >= 15 is 0 Å². The van der Waals surface area contributed by atoms with Gasteiger partial charge >= 0.3 is 6.18 Å². The van der Waals surface area contributed by atoms with Gasteiger partial charge in [-0.2, -0.15) is 18.4 Å². The van der Waals surface area contributed by atoms with Crippen LogP contribution in [0.25, 0.3) is 0 Å². The minimum Gasteiger partial charge on any atom is -0.371 e. The number of nitrogens with one attached hydrogen (secondary N) is 1. The van der Waals surface area contributed by atoms with Crippen LogP contribution in [0.4, 0.5) is 13.2 Å². The molecule has 7 nitrogen and oxygen atoms in total.